The van der Waals surface area contributed by atoms with E-state index in [9.17, 15) is 24.3 Å². The van der Waals surface area contributed by atoms with Crippen molar-refractivity contribution in [3.05, 3.63) is 69.8 Å². The molecule has 1 fully saturated rings. The molecule has 202 valence electrons. The lowest BCUT2D eigenvalue weighted by Gasteiger charge is -2.49. The van der Waals surface area contributed by atoms with Gasteiger partial charge in [0.2, 0.25) is 5.91 Å². The molecular weight excluding hydrogens is 563 g/mol. The van der Waals surface area contributed by atoms with Crippen molar-refractivity contribution in [1.29, 1.82) is 0 Å². The fourth-order valence-corrected chi connectivity index (χ4v) is 7.51. The maximum Gasteiger partial charge on any atom is 0.352 e. The minimum Gasteiger partial charge on any atom is -0.481 e. The highest BCUT2D eigenvalue weighted by atomic mass is 32.2. The summed E-state index contributed by atoms with van der Waals surface area (Å²) in [6, 6.07) is 12.2. The number of thiophene rings is 1. The van der Waals surface area contributed by atoms with Gasteiger partial charge in [0.05, 0.1) is 12.8 Å². The van der Waals surface area contributed by atoms with Gasteiger partial charge in [0.25, 0.3) is 5.91 Å². The lowest BCUT2D eigenvalue weighted by Crippen LogP contribution is -2.70. The lowest BCUT2D eigenvalue weighted by atomic mass is 10.0. The van der Waals surface area contributed by atoms with Crippen LogP contribution in [-0.4, -0.2) is 76.6 Å². The molecule has 1 unspecified atom stereocenters. The van der Waals surface area contributed by atoms with Gasteiger partial charge in [-0.15, -0.1) is 33.3 Å². The molecule has 0 saturated carbocycles. The number of nitrogens with one attached hydrogen (secondary N) is 1. The van der Waals surface area contributed by atoms with E-state index < -0.39 is 29.3 Å². The summed E-state index contributed by atoms with van der Waals surface area (Å²) in [6.07, 6.45) is 0.239. The number of thioether (sulfide) groups is 2. The number of hydrogen-bond donors (Lipinski definition) is 3. The molecule has 39 heavy (non-hydrogen) atoms. The Hall–Kier alpha value is -3.62. The maximum absolute atomic E-state index is 13.0. The van der Waals surface area contributed by atoms with Crippen molar-refractivity contribution in [3.8, 4) is 5.69 Å². The summed E-state index contributed by atoms with van der Waals surface area (Å²) in [7, 11) is 0. The van der Waals surface area contributed by atoms with E-state index in [0.717, 1.165) is 10.6 Å². The molecule has 3 aromatic rings. The quantitative estimate of drug-likeness (QED) is 0.226. The Morgan fingerprint density at radius 1 is 1.10 bits per heavy atom. The number of fused-ring (bicyclic) bond motifs is 1. The zero-order valence-electron chi connectivity index (χ0n) is 20.4. The fourth-order valence-electron chi connectivity index (χ4n) is 4.35. The highest BCUT2D eigenvalue weighted by Gasteiger charge is 2.54. The van der Waals surface area contributed by atoms with Gasteiger partial charge in [0, 0.05) is 28.5 Å². The summed E-state index contributed by atoms with van der Waals surface area (Å²) in [6.45, 7) is 0. The Bertz CT molecular complexity index is 1440. The maximum atomic E-state index is 13.0. The summed E-state index contributed by atoms with van der Waals surface area (Å²) in [5.74, 6) is -1.80. The van der Waals surface area contributed by atoms with E-state index in [1.165, 1.54) is 39.8 Å². The topological polar surface area (TPSA) is 155 Å². The van der Waals surface area contributed by atoms with Gasteiger partial charge in [-0.1, -0.05) is 36.0 Å². The van der Waals surface area contributed by atoms with E-state index >= 15 is 0 Å². The molecular formula is C25H23N5O6S3. The van der Waals surface area contributed by atoms with Crippen molar-refractivity contribution < 1.29 is 29.4 Å². The van der Waals surface area contributed by atoms with Crippen molar-refractivity contribution in [2.45, 2.75) is 35.8 Å². The normalized spacial score (nSPS) is 18.5. The standard InChI is InChI=1S/C25H23N5O6S3/c31-18(11-16-7-4-10-37-16)26-20-22(34)30-21(24(35)36)14(12-38-23(20)30)13-39-25-28-27-17(8-9-19(32)33)29(25)15-5-2-1-3-6-15/h1-7,10,20,23H,8-9,11-13H2,(H,26,31)(H,32,33)(H,35,36)/t20?,23-/m1/s1. The van der Waals surface area contributed by atoms with E-state index in [1.54, 1.807) is 4.57 Å². The number of carbonyl (C=O) groups is 4. The largest absolute Gasteiger partial charge is 0.481 e. The van der Waals surface area contributed by atoms with Crippen LogP contribution < -0.4 is 5.32 Å². The van der Waals surface area contributed by atoms with Crippen LogP contribution in [0.1, 0.15) is 17.1 Å². The average Bonchev–Trinajstić information content (AvgIpc) is 3.58. The smallest absolute Gasteiger partial charge is 0.352 e. The van der Waals surface area contributed by atoms with Gasteiger partial charge >= 0.3 is 11.9 Å². The first-order valence-corrected chi connectivity index (χ1v) is 14.8. The van der Waals surface area contributed by atoms with Gasteiger partial charge in [-0.05, 0) is 29.2 Å². The number of aliphatic carboxylic acids is 2. The molecule has 2 aliphatic rings. The van der Waals surface area contributed by atoms with Crippen LogP contribution in [0.15, 0.2) is 64.3 Å². The summed E-state index contributed by atoms with van der Waals surface area (Å²) < 4.78 is 1.77. The van der Waals surface area contributed by atoms with Gasteiger partial charge in [0.15, 0.2) is 5.16 Å². The van der Waals surface area contributed by atoms with Crippen molar-refractivity contribution >= 4 is 58.6 Å². The van der Waals surface area contributed by atoms with Crippen molar-refractivity contribution in [2.24, 2.45) is 0 Å². The number of hydrogen-bond acceptors (Lipinski definition) is 9. The van der Waals surface area contributed by atoms with E-state index in [2.05, 4.69) is 15.5 Å². The monoisotopic (exact) mass is 585 g/mol. The van der Waals surface area contributed by atoms with Crippen LogP contribution in [0.2, 0.25) is 0 Å². The first-order chi connectivity index (χ1) is 18.8. The predicted molar refractivity (Wildman–Crippen MR) is 146 cm³/mol. The van der Waals surface area contributed by atoms with Crippen LogP contribution in [0.3, 0.4) is 0 Å². The Morgan fingerprint density at radius 2 is 1.90 bits per heavy atom. The Labute approximate surface area is 235 Å². The molecule has 0 spiro atoms. The van der Waals surface area contributed by atoms with Crippen molar-refractivity contribution in [3.63, 3.8) is 0 Å². The summed E-state index contributed by atoms with van der Waals surface area (Å²) in [5, 5.41) is 32.2. The number of aromatic nitrogens is 3. The second kappa shape index (κ2) is 11.6. The minimum atomic E-state index is -1.21. The number of nitrogens with zero attached hydrogens (tertiary/aromatic N) is 4. The molecule has 2 atom stereocenters. The average molecular weight is 586 g/mol. The summed E-state index contributed by atoms with van der Waals surface area (Å²) in [4.78, 5) is 50.9. The van der Waals surface area contributed by atoms with E-state index in [0.29, 0.717) is 22.3 Å². The molecule has 5 rings (SSSR count). The fraction of sp³-hybridized carbons (Fsp3) is 0.280. The molecule has 1 aromatic carbocycles. The summed E-state index contributed by atoms with van der Waals surface area (Å²) >= 11 is 4.13. The number of carboxylic acid groups (broad SMARTS) is 2. The highest BCUT2D eigenvalue weighted by Crippen LogP contribution is 2.41. The Morgan fingerprint density at radius 3 is 2.59 bits per heavy atom. The molecule has 2 aliphatic heterocycles. The number of amides is 2. The van der Waals surface area contributed by atoms with Gasteiger partial charge in [0.1, 0.15) is 22.9 Å². The molecule has 0 aliphatic carbocycles. The number of rotatable bonds is 11. The number of carbonyl (C=O) groups excluding carboxylic acids is 2. The van der Waals surface area contributed by atoms with E-state index in [1.807, 2.05) is 47.8 Å². The third-order valence-corrected chi connectivity index (χ3v) is 9.37. The van der Waals surface area contributed by atoms with Crippen LogP contribution in [0.5, 0.6) is 0 Å². The van der Waals surface area contributed by atoms with Gasteiger partial charge in [-0.3, -0.25) is 23.9 Å². The third kappa shape index (κ3) is 5.72. The highest BCUT2D eigenvalue weighted by molar-refractivity contribution is 8.01. The van der Waals surface area contributed by atoms with Crippen molar-refractivity contribution in [1.82, 2.24) is 25.0 Å². The van der Waals surface area contributed by atoms with Crippen LogP contribution in [0.25, 0.3) is 5.69 Å². The van der Waals surface area contributed by atoms with Crippen molar-refractivity contribution in [2.75, 3.05) is 11.5 Å². The zero-order valence-corrected chi connectivity index (χ0v) is 22.8. The second-order valence-corrected chi connectivity index (χ2v) is 11.8. The molecule has 2 aromatic heterocycles. The molecule has 11 nitrogen and oxygen atoms in total. The predicted octanol–water partition coefficient (Wildman–Crippen LogP) is 2.42. The Kier molecular flexibility index (Phi) is 8.04. The zero-order chi connectivity index (χ0) is 27.5. The summed E-state index contributed by atoms with van der Waals surface area (Å²) in [5.41, 5.74) is 1.24. The first-order valence-electron chi connectivity index (χ1n) is 11.9. The van der Waals surface area contributed by atoms with Gasteiger partial charge in [-0.25, -0.2) is 4.79 Å². The number of para-hydroxylation sites is 1. The molecule has 1 saturated heterocycles. The number of carboxylic acids is 2. The Balaban J connectivity index is 1.32. The third-order valence-electron chi connectivity index (χ3n) is 6.13. The molecule has 14 heteroatoms. The number of benzene rings is 1. The lowest BCUT2D eigenvalue weighted by molar-refractivity contribution is -0.150. The van der Waals surface area contributed by atoms with Crippen LogP contribution >= 0.6 is 34.9 Å². The molecule has 4 heterocycles. The molecule has 0 radical (unpaired) electrons. The van der Waals surface area contributed by atoms with Crippen LogP contribution in [0.4, 0.5) is 0 Å². The molecule has 0 bridgehead atoms. The molecule has 3 N–H and O–H groups in total. The SMILES string of the molecule is O=C(O)CCc1nnc(SCC2=C(C(=O)O)N3C(=O)C(NC(=O)Cc4cccs4)[C@H]3SC2)n1-c1ccccc1. The first kappa shape index (κ1) is 27.0. The van der Waals surface area contributed by atoms with Crippen LogP contribution in [-0.2, 0) is 32.0 Å². The number of β-lactam (4-membered cyclic amide) rings is 1. The molecule has 2 amide bonds. The van der Waals surface area contributed by atoms with E-state index in [-0.39, 0.29) is 36.6 Å². The van der Waals surface area contributed by atoms with Gasteiger partial charge in [-0.2, -0.15) is 0 Å². The minimum absolute atomic E-state index is 0.0723. The van der Waals surface area contributed by atoms with Crippen LogP contribution in [0, 0.1) is 0 Å². The second-order valence-electron chi connectivity index (χ2n) is 8.72. The van der Waals surface area contributed by atoms with Gasteiger partial charge < -0.3 is 15.5 Å². The van der Waals surface area contributed by atoms with E-state index in [4.69, 9.17) is 5.11 Å². The number of aryl methyl sites for hydroxylation is 1.